The molecule has 2 aromatic rings. The van der Waals surface area contributed by atoms with Crippen LogP contribution in [0.15, 0.2) is 35.1 Å². The first kappa shape index (κ1) is 16.7. The minimum Gasteiger partial charge on any atom is -0.306 e. The van der Waals surface area contributed by atoms with E-state index >= 15 is 0 Å². The summed E-state index contributed by atoms with van der Waals surface area (Å²) in [6.45, 7) is 2.78. The maximum atomic E-state index is 14.5. The average molecular weight is 392 g/mol. The van der Waals surface area contributed by atoms with Crippen molar-refractivity contribution < 1.29 is 4.39 Å². The molecule has 1 aromatic carbocycles. The van der Waals surface area contributed by atoms with E-state index in [4.69, 9.17) is 23.2 Å². The third kappa shape index (κ3) is 3.75. The predicted molar refractivity (Wildman–Crippen MR) is 88.5 cm³/mol. The molecule has 6 heteroatoms. The Bertz CT molecular complexity index is 637. The summed E-state index contributed by atoms with van der Waals surface area (Å²) in [6.07, 6.45) is 4.11. The zero-order valence-electron chi connectivity index (χ0n) is 11.3. The number of nitrogens with zero attached hydrogens (tertiary/aromatic N) is 1. The smallest absolute Gasteiger partial charge is 0.148 e. The quantitative estimate of drug-likeness (QED) is 0.692. The fourth-order valence-corrected chi connectivity index (χ4v) is 2.77. The molecule has 0 bridgehead atoms. The number of halogens is 4. The van der Waals surface area contributed by atoms with Crippen LogP contribution in [0.5, 0.6) is 0 Å². The minimum atomic E-state index is -0.451. The van der Waals surface area contributed by atoms with Gasteiger partial charge >= 0.3 is 0 Å². The molecule has 0 saturated carbocycles. The first-order chi connectivity index (χ1) is 10.1. The Morgan fingerprint density at radius 1 is 1.29 bits per heavy atom. The van der Waals surface area contributed by atoms with Crippen molar-refractivity contribution in [3.05, 3.63) is 62.1 Å². The van der Waals surface area contributed by atoms with E-state index in [-0.39, 0.29) is 11.1 Å². The Morgan fingerprint density at radius 3 is 2.71 bits per heavy atom. The lowest BCUT2D eigenvalue weighted by molar-refractivity contribution is 0.546. The fraction of sp³-hybridized carbons (Fsp3) is 0.267. The van der Waals surface area contributed by atoms with Crippen LogP contribution in [-0.4, -0.2) is 11.5 Å². The average Bonchev–Trinajstić information content (AvgIpc) is 2.48. The fourth-order valence-electron chi connectivity index (χ4n) is 2.06. The third-order valence-electron chi connectivity index (χ3n) is 3.09. The second kappa shape index (κ2) is 7.54. The van der Waals surface area contributed by atoms with Gasteiger partial charge in [-0.1, -0.05) is 36.2 Å². The van der Waals surface area contributed by atoms with Crippen LogP contribution in [0.25, 0.3) is 0 Å². The molecule has 1 heterocycles. The normalized spacial score (nSPS) is 12.4. The van der Waals surface area contributed by atoms with Gasteiger partial charge in [0.05, 0.1) is 16.1 Å². The lowest BCUT2D eigenvalue weighted by atomic mass is 9.99. The van der Waals surface area contributed by atoms with Gasteiger partial charge in [0.1, 0.15) is 5.82 Å². The summed E-state index contributed by atoms with van der Waals surface area (Å²) in [5.41, 5.74) is 1.24. The lowest BCUT2D eigenvalue weighted by Gasteiger charge is -2.21. The van der Waals surface area contributed by atoms with Gasteiger partial charge in [0.25, 0.3) is 0 Å². The molecule has 0 fully saturated rings. The van der Waals surface area contributed by atoms with Crippen molar-refractivity contribution in [2.24, 2.45) is 0 Å². The van der Waals surface area contributed by atoms with Crippen LogP contribution in [-0.2, 0) is 0 Å². The van der Waals surface area contributed by atoms with Gasteiger partial charge in [-0.25, -0.2) is 4.39 Å². The van der Waals surface area contributed by atoms with Crippen molar-refractivity contribution in [2.45, 2.75) is 19.4 Å². The number of aromatic nitrogens is 1. The van der Waals surface area contributed by atoms with Gasteiger partial charge in [-0.15, -0.1) is 0 Å². The van der Waals surface area contributed by atoms with E-state index in [0.29, 0.717) is 15.1 Å². The highest BCUT2D eigenvalue weighted by Crippen LogP contribution is 2.34. The molecule has 112 valence electrons. The summed E-state index contributed by atoms with van der Waals surface area (Å²) >= 11 is 15.4. The molecule has 0 aliphatic heterocycles. The molecule has 1 aromatic heterocycles. The number of pyridine rings is 1. The summed E-state index contributed by atoms with van der Waals surface area (Å²) in [5, 5.41) is 3.86. The topological polar surface area (TPSA) is 24.9 Å². The van der Waals surface area contributed by atoms with Crippen molar-refractivity contribution in [3.63, 3.8) is 0 Å². The highest BCUT2D eigenvalue weighted by molar-refractivity contribution is 9.10. The second-order valence-electron chi connectivity index (χ2n) is 4.55. The van der Waals surface area contributed by atoms with Gasteiger partial charge in [0, 0.05) is 22.4 Å². The van der Waals surface area contributed by atoms with Crippen molar-refractivity contribution in [3.8, 4) is 0 Å². The summed E-state index contributed by atoms with van der Waals surface area (Å²) in [6, 6.07) is 4.85. The zero-order valence-corrected chi connectivity index (χ0v) is 14.4. The van der Waals surface area contributed by atoms with E-state index in [1.165, 1.54) is 0 Å². The number of hydrogen-bond acceptors (Lipinski definition) is 2. The van der Waals surface area contributed by atoms with Crippen LogP contribution in [0.4, 0.5) is 4.39 Å². The molecule has 0 aliphatic rings. The van der Waals surface area contributed by atoms with Crippen LogP contribution in [0.1, 0.15) is 30.5 Å². The van der Waals surface area contributed by atoms with Gasteiger partial charge in [-0.05, 0) is 46.6 Å². The first-order valence-electron chi connectivity index (χ1n) is 6.52. The molecule has 0 saturated heterocycles. The Kier molecular flexibility index (Phi) is 5.99. The minimum absolute atomic E-state index is 0.0703. The van der Waals surface area contributed by atoms with E-state index in [1.807, 2.05) is 6.92 Å². The third-order valence-corrected chi connectivity index (χ3v) is 4.66. The summed E-state index contributed by atoms with van der Waals surface area (Å²) in [4.78, 5) is 3.97. The Hall–Kier alpha value is -0.680. The molecule has 0 amide bonds. The molecule has 0 spiro atoms. The number of hydrogen-bond donors (Lipinski definition) is 1. The molecule has 1 atom stereocenters. The van der Waals surface area contributed by atoms with E-state index < -0.39 is 5.82 Å². The number of benzene rings is 1. The number of nitrogens with one attached hydrogen (secondary N) is 1. The number of rotatable bonds is 5. The van der Waals surface area contributed by atoms with Crippen LogP contribution >= 0.6 is 39.1 Å². The highest BCUT2D eigenvalue weighted by Gasteiger charge is 2.22. The SMILES string of the molecule is CCCNC(c1ccncc1Cl)c1ccc(Br)c(Cl)c1F. The van der Waals surface area contributed by atoms with Gasteiger partial charge in [0.2, 0.25) is 0 Å². The molecule has 1 N–H and O–H groups in total. The standard InChI is InChI=1S/C15H14BrCl2FN2/c1-2-6-21-15(9-5-7-20-8-12(9)17)10-3-4-11(16)13(18)14(10)19/h3-5,7-8,15,21H,2,6H2,1H3. The molecular weight excluding hydrogens is 378 g/mol. The second-order valence-corrected chi connectivity index (χ2v) is 6.19. The summed E-state index contributed by atoms with van der Waals surface area (Å²) in [7, 11) is 0. The molecule has 2 nitrogen and oxygen atoms in total. The van der Waals surface area contributed by atoms with E-state index in [0.717, 1.165) is 18.5 Å². The van der Waals surface area contributed by atoms with Crippen molar-refractivity contribution in [2.75, 3.05) is 6.54 Å². The van der Waals surface area contributed by atoms with Crippen molar-refractivity contribution in [1.29, 1.82) is 0 Å². The zero-order chi connectivity index (χ0) is 15.4. The Morgan fingerprint density at radius 2 is 2.05 bits per heavy atom. The van der Waals surface area contributed by atoms with Gasteiger partial charge < -0.3 is 5.32 Å². The van der Waals surface area contributed by atoms with Crippen molar-refractivity contribution >= 4 is 39.1 Å². The van der Waals surface area contributed by atoms with E-state index in [9.17, 15) is 4.39 Å². The predicted octanol–water partition coefficient (Wildman–Crippen LogP) is 5.38. The molecule has 0 radical (unpaired) electrons. The molecule has 21 heavy (non-hydrogen) atoms. The molecule has 0 aliphatic carbocycles. The van der Waals surface area contributed by atoms with Gasteiger partial charge in [0.15, 0.2) is 0 Å². The van der Waals surface area contributed by atoms with Gasteiger partial charge in [-0.3, -0.25) is 4.98 Å². The van der Waals surface area contributed by atoms with E-state index in [1.54, 1.807) is 30.6 Å². The van der Waals surface area contributed by atoms with Crippen LogP contribution in [0, 0.1) is 5.82 Å². The maximum absolute atomic E-state index is 14.5. The molecule has 2 rings (SSSR count). The largest absolute Gasteiger partial charge is 0.306 e. The monoisotopic (exact) mass is 390 g/mol. The maximum Gasteiger partial charge on any atom is 0.148 e. The molecular formula is C15H14BrCl2FN2. The van der Waals surface area contributed by atoms with Crippen LogP contribution in [0.3, 0.4) is 0 Å². The van der Waals surface area contributed by atoms with Gasteiger partial charge in [-0.2, -0.15) is 0 Å². The van der Waals surface area contributed by atoms with E-state index in [2.05, 4.69) is 26.2 Å². The lowest BCUT2D eigenvalue weighted by Crippen LogP contribution is -2.24. The van der Waals surface area contributed by atoms with Crippen LogP contribution in [0.2, 0.25) is 10.0 Å². The summed E-state index contributed by atoms with van der Waals surface area (Å²) in [5.74, 6) is -0.451. The first-order valence-corrected chi connectivity index (χ1v) is 8.07. The molecule has 1 unspecified atom stereocenters. The van der Waals surface area contributed by atoms with Crippen molar-refractivity contribution in [1.82, 2.24) is 10.3 Å². The summed E-state index contributed by atoms with van der Waals surface area (Å²) < 4.78 is 15.0. The Labute approximate surface area is 141 Å². The highest BCUT2D eigenvalue weighted by atomic mass is 79.9. The van der Waals surface area contributed by atoms with Crippen LogP contribution < -0.4 is 5.32 Å². The Balaban J connectivity index is 2.51.